The molecule has 0 aliphatic carbocycles. The van der Waals surface area contributed by atoms with Crippen molar-refractivity contribution >= 4 is 0 Å². The van der Waals surface area contributed by atoms with Crippen molar-refractivity contribution < 1.29 is 9.47 Å². The normalized spacial score (nSPS) is 26.4. The van der Waals surface area contributed by atoms with Crippen LogP contribution in [0.25, 0.3) is 0 Å². The quantitative estimate of drug-likeness (QED) is 0.448. The van der Waals surface area contributed by atoms with Gasteiger partial charge in [-0.2, -0.15) is 0 Å². The van der Waals surface area contributed by atoms with Crippen LogP contribution in [0.15, 0.2) is 0 Å². The molecule has 0 aromatic carbocycles. The average molecular weight is 145 g/mol. The number of hydrogen-bond acceptors (Lipinski definition) is 3. The molecule has 2 atom stereocenters. The summed E-state index contributed by atoms with van der Waals surface area (Å²) in [6.45, 7) is 6.49. The second-order valence-electron chi connectivity index (χ2n) is 2.46. The molecule has 2 unspecified atom stereocenters. The van der Waals surface area contributed by atoms with Gasteiger partial charge in [-0.1, -0.05) is 0 Å². The van der Waals surface area contributed by atoms with Gasteiger partial charge in [0.25, 0.3) is 0 Å². The van der Waals surface area contributed by atoms with E-state index < -0.39 is 0 Å². The number of nitrogens with one attached hydrogen (secondary N) is 1. The number of hydrogen-bond donors (Lipinski definition) is 1. The fourth-order valence-electron chi connectivity index (χ4n) is 0.736. The minimum atomic E-state index is -0.0487. The molecule has 10 heavy (non-hydrogen) atoms. The highest BCUT2D eigenvalue weighted by Gasteiger charge is 2.20. The Labute approximate surface area is 61.7 Å². The van der Waals surface area contributed by atoms with Gasteiger partial charge in [-0.15, -0.1) is 0 Å². The first-order valence-electron chi connectivity index (χ1n) is 3.79. The Morgan fingerprint density at radius 1 is 1.60 bits per heavy atom. The Hall–Kier alpha value is -0.120. The third-order valence-electron chi connectivity index (χ3n) is 1.43. The number of rotatable bonds is 5. The van der Waals surface area contributed by atoms with Crippen LogP contribution >= 0.6 is 0 Å². The molecule has 1 N–H and O–H groups in total. The molecule has 60 valence electrons. The monoisotopic (exact) mass is 145 g/mol. The van der Waals surface area contributed by atoms with Crippen molar-refractivity contribution in [2.45, 2.75) is 26.2 Å². The third-order valence-corrected chi connectivity index (χ3v) is 1.43. The molecule has 3 heteroatoms. The zero-order valence-corrected chi connectivity index (χ0v) is 6.59. The molecule has 1 aliphatic heterocycles. The molecular weight excluding hydrogens is 130 g/mol. The molecule has 3 nitrogen and oxygen atoms in total. The lowest BCUT2D eigenvalue weighted by Crippen LogP contribution is -2.16. The first-order valence-corrected chi connectivity index (χ1v) is 3.79. The van der Waals surface area contributed by atoms with E-state index in [-0.39, 0.29) is 6.29 Å². The number of ether oxygens (including phenoxy) is 2. The largest absolute Gasteiger partial charge is 0.353 e. The van der Waals surface area contributed by atoms with Gasteiger partial charge < -0.3 is 14.8 Å². The molecule has 1 fully saturated rings. The van der Waals surface area contributed by atoms with Crippen LogP contribution in [0.2, 0.25) is 0 Å². The van der Waals surface area contributed by atoms with Crippen LogP contribution in [0.4, 0.5) is 0 Å². The van der Waals surface area contributed by atoms with Crippen molar-refractivity contribution in [2.75, 3.05) is 19.8 Å². The van der Waals surface area contributed by atoms with Crippen LogP contribution < -0.4 is 5.32 Å². The lowest BCUT2D eigenvalue weighted by molar-refractivity contribution is -0.126. The van der Waals surface area contributed by atoms with Crippen LogP contribution in [0.5, 0.6) is 0 Å². The predicted octanol–water partition coefficient (Wildman–Crippen LogP) is 0.357. The summed E-state index contributed by atoms with van der Waals surface area (Å²) < 4.78 is 10.5. The maximum absolute atomic E-state index is 5.32. The smallest absolute Gasteiger partial charge is 0.154 e. The van der Waals surface area contributed by atoms with E-state index in [9.17, 15) is 0 Å². The Morgan fingerprint density at radius 2 is 2.30 bits per heavy atom. The maximum Gasteiger partial charge on any atom is 0.154 e. The second kappa shape index (κ2) is 3.91. The van der Waals surface area contributed by atoms with Gasteiger partial charge in [0.1, 0.15) is 0 Å². The molecule has 0 bridgehead atoms. The highest BCUT2D eigenvalue weighted by molar-refractivity contribution is 4.82. The van der Waals surface area contributed by atoms with E-state index in [0.29, 0.717) is 6.04 Å². The fraction of sp³-hybridized carbons (Fsp3) is 1.00. The van der Waals surface area contributed by atoms with Gasteiger partial charge in [0.2, 0.25) is 0 Å². The standard InChI is InChI=1S/C7H15NO2/c1-3-9-6(2)10-5-7-4-8-7/h6-8H,3-5H2,1-2H3. The van der Waals surface area contributed by atoms with Crippen LogP contribution in [0.1, 0.15) is 13.8 Å². The van der Waals surface area contributed by atoms with Gasteiger partial charge >= 0.3 is 0 Å². The van der Waals surface area contributed by atoms with Crippen molar-refractivity contribution in [1.29, 1.82) is 0 Å². The molecule has 1 aliphatic rings. The van der Waals surface area contributed by atoms with Crippen LogP contribution in [-0.4, -0.2) is 32.1 Å². The summed E-state index contributed by atoms with van der Waals surface area (Å²) in [7, 11) is 0. The van der Waals surface area contributed by atoms with Gasteiger partial charge in [0, 0.05) is 19.2 Å². The van der Waals surface area contributed by atoms with Gasteiger partial charge in [0.05, 0.1) is 6.61 Å². The van der Waals surface area contributed by atoms with Crippen molar-refractivity contribution in [3.63, 3.8) is 0 Å². The summed E-state index contributed by atoms with van der Waals surface area (Å²) in [6.07, 6.45) is -0.0487. The first kappa shape index (κ1) is 7.98. The highest BCUT2D eigenvalue weighted by atomic mass is 16.7. The fourth-order valence-corrected chi connectivity index (χ4v) is 0.736. The lowest BCUT2D eigenvalue weighted by atomic mass is 10.5. The van der Waals surface area contributed by atoms with Crippen molar-refractivity contribution in [2.24, 2.45) is 0 Å². The van der Waals surface area contributed by atoms with Gasteiger partial charge in [-0.25, -0.2) is 0 Å². The summed E-state index contributed by atoms with van der Waals surface area (Å²) >= 11 is 0. The maximum atomic E-state index is 5.32. The van der Waals surface area contributed by atoms with Gasteiger partial charge in [0.15, 0.2) is 6.29 Å². The molecule has 0 radical (unpaired) electrons. The van der Waals surface area contributed by atoms with Crippen LogP contribution in [0, 0.1) is 0 Å². The van der Waals surface area contributed by atoms with E-state index >= 15 is 0 Å². The molecule has 1 rings (SSSR count). The predicted molar refractivity (Wildman–Crippen MR) is 38.8 cm³/mol. The highest BCUT2D eigenvalue weighted by Crippen LogP contribution is 2.00. The van der Waals surface area contributed by atoms with Crippen molar-refractivity contribution in [3.05, 3.63) is 0 Å². The van der Waals surface area contributed by atoms with E-state index in [0.717, 1.165) is 19.8 Å². The van der Waals surface area contributed by atoms with E-state index in [1.54, 1.807) is 0 Å². The summed E-state index contributed by atoms with van der Waals surface area (Å²) in [5.41, 5.74) is 0. The minimum absolute atomic E-state index is 0.0487. The van der Waals surface area contributed by atoms with Crippen molar-refractivity contribution in [1.82, 2.24) is 5.32 Å². The summed E-state index contributed by atoms with van der Waals surface area (Å²) in [5, 5.41) is 3.15. The summed E-state index contributed by atoms with van der Waals surface area (Å²) in [5.74, 6) is 0. The third kappa shape index (κ3) is 3.15. The molecule has 0 spiro atoms. The molecule has 1 saturated heterocycles. The Kier molecular flexibility index (Phi) is 3.12. The molecule has 0 amide bonds. The van der Waals surface area contributed by atoms with E-state index in [4.69, 9.17) is 9.47 Å². The lowest BCUT2D eigenvalue weighted by Gasteiger charge is -2.11. The summed E-state index contributed by atoms with van der Waals surface area (Å²) in [4.78, 5) is 0. The average Bonchev–Trinajstić information content (AvgIpc) is 2.67. The minimum Gasteiger partial charge on any atom is -0.353 e. The van der Waals surface area contributed by atoms with E-state index in [2.05, 4.69) is 5.32 Å². The Bertz CT molecular complexity index is 93.6. The molecule has 0 saturated carbocycles. The molecule has 1 heterocycles. The summed E-state index contributed by atoms with van der Waals surface area (Å²) in [6, 6.07) is 0.586. The Morgan fingerprint density at radius 3 is 2.80 bits per heavy atom. The molecule has 0 aromatic heterocycles. The Balaban J connectivity index is 1.89. The van der Waals surface area contributed by atoms with Gasteiger partial charge in [-0.05, 0) is 13.8 Å². The second-order valence-corrected chi connectivity index (χ2v) is 2.46. The zero-order chi connectivity index (χ0) is 7.40. The van der Waals surface area contributed by atoms with Crippen molar-refractivity contribution in [3.8, 4) is 0 Å². The van der Waals surface area contributed by atoms with Crippen LogP contribution in [0.3, 0.4) is 0 Å². The molecular formula is C7H15NO2. The van der Waals surface area contributed by atoms with E-state index in [1.807, 2.05) is 13.8 Å². The van der Waals surface area contributed by atoms with Gasteiger partial charge in [-0.3, -0.25) is 0 Å². The SMILES string of the molecule is CCOC(C)OCC1CN1. The topological polar surface area (TPSA) is 40.4 Å². The van der Waals surface area contributed by atoms with Crippen LogP contribution in [-0.2, 0) is 9.47 Å². The molecule has 0 aromatic rings. The van der Waals surface area contributed by atoms with E-state index in [1.165, 1.54) is 0 Å². The first-order chi connectivity index (χ1) is 4.83. The zero-order valence-electron chi connectivity index (χ0n) is 6.59.